The molecule has 1 aromatic heterocycles. The monoisotopic (exact) mass is 621 g/mol. The number of alkyl carbamates (subject to hydrolysis) is 3. The lowest BCUT2D eigenvalue weighted by Gasteiger charge is -2.23. The summed E-state index contributed by atoms with van der Waals surface area (Å²) in [6.07, 6.45) is 0.555. The number of nitrogens with zero attached hydrogens (tertiary/aromatic N) is 1. The predicted octanol–water partition coefficient (Wildman–Crippen LogP) is 4.71. The topological polar surface area (TPSA) is 192 Å². The molecule has 0 bridgehead atoms. The zero-order valence-electron chi connectivity index (χ0n) is 26.5. The molecule has 0 aliphatic heterocycles. The van der Waals surface area contributed by atoms with Crippen molar-refractivity contribution in [3.8, 4) is 5.75 Å². The van der Waals surface area contributed by atoms with Crippen LogP contribution in [0.5, 0.6) is 5.75 Å². The molecule has 1 heterocycles. The van der Waals surface area contributed by atoms with Crippen molar-refractivity contribution in [2.24, 2.45) is 0 Å². The quantitative estimate of drug-likeness (QED) is 0.128. The second-order valence-corrected chi connectivity index (χ2v) is 12.4. The van der Waals surface area contributed by atoms with Gasteiger partial charge in [0.15, 0.2) is 0 Å². The first-order valence-electron chi connectivity index (χ1n) is 14.7. The van der Waals surface area contributed by atoms with Crippen LogP contribution in [0.3, 0.4) is 0 Å². The lowest BCUT2D eigenvalue weighted by Crippen LogP contribution is -2.43. The van der Waals surface area contributed by atoms with Gasteiger partial charge in [-0.15, -0.1) is 0 Å². The van der Waals surface area contributed by atoms with E-state index in [-0.39, 0.29) is 38.4 Å². The maximum atomic E-state index is 12.5. The number of aromatic hydroxyl groups is 1. The lowest BCUT2D eigenvalue weighted by molar-refractivity contribution is 0.0469. The number of carboxylic acid groups (broad SMARTS) is 1. The molecule has 0 saturated heterocycles. The fraction of sp³-hybridized carbons (Fsp3) is 0.600. The average Bonchev–Trinajstić information content (AvgIpc) is 3.27. The Labute approximate surface area is 257 Å². The summed E-state index contributed by atoms with van der Waals surface area (Å²) in [6, 6.07) is 4.28. The van der Waals surface area contributed by atoms with E-state index >= 15 is 0 Å². The van der Waals surface area contributed by atoms with Crippen LogP contribution in [0.1, 0.15) is 66.4 Å². The van der Waals surface area contributed by atoms with Gasteiger partial charge in [-0.25, -0.2) is 19.2 Å². The van der Waals surface area contributed by atoms with E-state index in [2.05, 4.69) is 20.9 Å². The summed E-state index contributed by atoms with van der Waals surface area (Å²) in [5, 5.41) is 28.1. The van der Waals surface area contributed by atoms with E-state index in [0.717, 1.165) is 16.5 Å². The fourth-order valence-electron chi connectivity index (χ4n) is 4.15. The number of nitrogens with one attached hydrogen (secondary N) is 4. The van der Waals surface area contributed by atoms with Crippen molar-refractivity contribution in [1.29, 1.82) is 0 Å². The van der Waals surface area contributed by atoms with Crippen molar-refractivity contribution in [2.75, 3.05) is 32.8 Å². The minimum Gasteiger partial charge on any atom is -0.508 e. The molecular weight excluding hydrogens is 574 g/mol. The Kier molecular flexibility index (Phi) is 13.4. The first-order chi connectivity index (χ1) is 20.5. The maximum absolute atomic E-state index is 12.5. The number of phenolic OH excluding ortho intramolecular Hbond substituents is 1. The fourth-order valence-corrected chi connectivity index (χ4v) is 4.15. The lowest BCUT2D eigenvalue weighted by atomic mass is 10.1. The van der Waals surface area contributed by atoms with Crippen LogP contribution in [0, 0.1) is 0 Å². The van der Waals surface area contributed by atoms with Crippen LogP contribution in [0.4, 0.5) is 19.2 Å². The van der Waals surface area contributed by atoms with Gasteiger partial charge in [0.2, 0.25) is 0 Å². The van der Waals surface area contributed by atoms with E-state index < -0.39 is 41.6 Å². The zero-order chi connectivity index (χ0) is 32.9. The molecule has 14 nitrogen and oxygen atoms in total. The number of rotatable bonds is 14. The number of hydrogen-bond acceptors (Lipinski definition) is 8. The molecule has 0 radical (unpaired) electrons. The van der Waals surface area contributed by atoms with Crippen LogP contribution in [0.25, 0.3) is 10.9 Å². The SMILES string of the molecule is CC(C)(C)OC(=O)NCCCCN(CCCNC(=O)OCC(Cc1c[nH]c2ccc(O)cc12)NC(=O)OC(C)(C)C)C(=O)O. The highest BCUT2D eigenvalue weighted by Gasteiger charge is 2.22. The summed E-state index contributed by atoms with van der Waals surface area (Å²) in [5.41, 5.74) is 0.295. The van der Waals surface area contributed by atoms with Gasteiger partial charge in [-0.05, 0) is 91.0 Å². The summed E-state index contributed by atoms with van der Waals surface area (Å²) >= 11 is 0. The second-order valence-electron chi connectivity index (χ2n) is 12.4. The molecular formula is C30H47N5O9. The number of phenols is 1. The molecule has 0 spiro atoms. The minimum absolute atomic E-state index is 0.0993. The highest BCUT2D eigenvalue weighted by atomic mass is 16.6. The van der Waals surface area contributed by atoms with Crippen molar-refractivity contribution >= 4 is 35.3 Å². The third kappa shape index (κ3) is 14.2. The summed E-state index contributed by atoms with van der Waals surface area (Å²) in [4.78, 5) is 52.5. The van der Waals surface area contributed by atoms with E-state index in [0.29, 0.717) is 25.8 Å². The van der Waals surface area contributed by atoms with Gasteiger partial charge >= 0.3 is 24.4 Å². The van der Waals surface area contributed by atoms with E-state index in [9.17, 15) is 29.4 Å². The number of unbranched alkanes of at least 4 members (excludes halogenated alkanes) is 1. The molecule has 2 rings (SSSR count). The van der Waals surface area contributed by atoms with Crippen molar-refractivity contribution in [2.45, 2.75) is 84.5 Å². The molecule has 4 amide bonds. The van der Waals surface area contributed by atoms with Crippen LogP contribution in [0.2, 0.25) is 0 Å². The first-order valence-corrected chi connectivity index (χ1v) is 14.7. The summed E-state index contributed by atoms with van der Waals surface area (Å²) in [6.45, 7) is 11.4. The van der Waals surface area contributed by atoms with Gasteiger partial charge in [-0.3, -0.25) is 0 Å². The Bertz CT molecular complexity index is 1250. The van der Waals surface area contributed by atoms with E-state index in [1.165, 1.54) is 4.90 Å². The number of carbonyl (C=O) groups excluding carboxylic acids is 3. The number of aromatic nitrogens is 1. The third-order valence-electron chi connectivity index (χ3n) is 6.02. The van der Waals surface area contributed by atoms with E-state index in [1.54, 1.807) is 65.9 Å². The summed E-state index contributed by atoms with van der Waals surface area (Å²) < 4.78 is 15.9. The number of hydrogen-bond donors (Lipinski definition) is 6. The molecule has 1 aromatic carbocycles. The second kappa shape index (κ2) is 16.5. The highest BCUT2D eigenvalue weighted by Crippen LogP contribution is 2.24. The predicted molar refractivity (Wildman–Crippen MR) is 164 cm³/mol. The largest absolute Gasteiger partial charge is 0.508 e. The van der Waals surface area contributed by atoms with E-state index in [4.69, 9.17) is 14.2 Å². The number of carbonyl (C=O) groups is 4. The van der Waals surface area contributed by atoms with Crippen molar-refractivity contribution in [1.82, 2.24) is 25.8 Å². The normalized spacial score (nSPS) is 12.2. The van der Waals surface area contributed by atoms with Crippen LogP contribution in [0.15, 0.2) is 24.4 Å². The number of H-pyrrole nitrogens is 1. The van der Waals surface area contributed by atoms with Gasteiger partial charge in [0.1, 0.15) is 23.6 Å². The summed E-state index contributed by atoms with van der Waals surface area (Å²) in [5.74, 6) is 0.0993. The molecule has 6 N–H and O–H groups in total. The minimum atomic E-state index is -1.07. The Morgan fingerprint density at radius 1 is 0.886 bits per heavy atom. The van der Waals surface area contributed by atoms with E-state index in [1.807, 2.05) is 0 Å². The van der Waals surface area contributed by atoms with Crippen molar-refractivity contribution in [3.63, 3.8) is 0 Å². The van der Waals surface area contributed by atoms with Gasteiger partial charge in [0.05, 0.1) is 6.04 Å². The number of ether oxygens (including phenoxy) is 3. The molecule has 2 aromatic rings. The summed E-state index contributed by atoms with van der Waals surface area (Å²) in [7, 11) is 0. The molecule has 246 valence electrons. The zero-order valence-corrected chi connectivity index (χ0v) is 26.5. The molecule has 44 heavy (non-hydrogen) atoms. The maximum Gasteiger partial charge on any atom is 0.408 e. The average molecular weight is 622 g/mol. The Balaban J connectivity index is 1.79. The standard InChI is InChI=1S/C30H47N5O9/c1-29(2,3)43-26(38)32-12-7-8-14-35(28(40)41)15-9-13-31-25(37)42-19-21(34-27(39)44-30(4,5)6)16-20-18-33-24-11-10-22(36)17-23(20)24/h10-11,17-18,21,33,36H,7-9,12-16,19H2,1-6H3,(H,31,37)(H,32,38)(H,34,39)(H,40,41). The number of amides is 4. The molecule has 0 aliphatic carbocycles. The Morgan fingerprint density at radius 3 is 2.16 bits per heavy atom. The van der Waals surface area contributed by atoms with Gasteiger partial charge in [0.25, 0.3) is 0 Å². The molecule has 1 unspecified atom stereocenters. The van der Waals surface area contributed by atoms with Crippen LogP contribution in [-0.2, 0) is 20.6 Å². The molecule has 0 saturated carbocycles. The van der Waals surface area contributed by atoms with Crippen molar-refractivity contribution in [3.05, 3.63) is 30.0 Å². The molecule has 0 aliphatic rings. The van der Waals surface area contributed by atoms with Crippen LogP contribution < -0.4 is 16.0 Å². The van der Waals surface area contributed by atoms with Gasteiger partial charge in [-0.1, -0.05) is 0 Å². The third-order valence-corrected chi connectivity index (χ3v) is 6.02. The van der Waals surface area contributed by atoms with Gasteiger partial charge in [-0.2, -0.15) is 0 Å². The van der Waals surface area contributed by atoms with Crippen molar-refractivity contribution < 1.29 is 43.6 Å². The molecule has 1 atom stereocenters. The first kappa shape index (κ1) is 35.8. The Morgan fingerprint density at radius 2 is 1.50 bits per heavy atom. The van der Waals surface area contributed by atoms with Gasteiger partial charge < -0.3 is 50.3 Å². The Hall–Kier alpha value is -4.36. The number of fused-ring (bicyclic) bond motifs is 1. The molecule has 14 heteroatoms. The van der Waals surface area contributed by atoms with Gasteiger partial charge in [0, 0.05) is 43.3 Å². The van der Waals surface area contributed by atoms with Crippen LogP contribution in [-0.4, -0.2) is 94.5 Å². The number of benzene rings is 1. The molecule has 0 fully saturated rings. The smallest absolute Gasteiger partial charge is 0.408 e. The number of aromatic amines is 1. The highest BCUT2D eigenvalue weighted by molar-refractivity contribution is 5.84. The van der Waals surface area contributed by atoms with Crippen LogP contribution >= 0.6 is 0 Å².